The molecule has 2 atom stereocenters. The number of ether oxygens (including phenoxy) is 1. The van der Waals surface area contributed by atoms with Gasteiger partial charge >= 0.3 is 12.1 Å². The number of amides is 3. The van der Waals surface area contributed by atoms with Gasteiger partial charge in [-0.1, -0.05) is 24.3 Å². The number of allylic oxidation sites excluding steroid dienone is 1. The van der Waals surface area contributed by atoms with E-state index >= 15 is 0 Å². The first kappa shape index (κ1) is 28.3. The fourth-order valence-electron chi connectivity index (χ4n) is 4.42. The third kappa shape index (κ3) is 5.80. The molecule has 1 aliphatic heterocycles. The first-order valence-electron chi connectivity index (χ1n) is 13.0. The third-order valence-electron chi connectivity index (χ3n) is 6.64. The lowest BCUT2D eigenvalue weighted by Crippen LogP contribution is -2.35. The van der Waals surface area contributed by atoms with Gasteiger partial charge in [-0.15, -0.1) is 0 Å². The van der Waals surface area contributed by atoms with E-state index in [1.54, 1.807) is 50.5 Å². The van der Waals surface area contributed by atoms with Crippen molar-refractivity contribution in [3.63, 3.8) is 0 Å². The van der Waals surface area contributed by atoms with Crippen LogP contribution in [0.25, 0.3) is 0 Å². The monoisotopic (exact) mass is 548 g/mol. The van der Waals surface area contributed by atoms with E-state index in [-0.39, 0.29) is 29.1 Å². The molecule has 0 radical (unpaired) electrons. The average Bonchev–Trinajstić information content (AvgIpc) is 3.19. The molecule has 0 bridgehead atoms. The van der Waals surface area contributed by atoms with Crippen LogP contribution in [0.2, 0.25) is 0 Å². The minimum Gasteiger partial charge on any atom is -0.480 e. The number of hydrogen-bond donors (Lipinski definition) is 2. The molecule has 2 N–H and O–H groups in total. The van der Waals surface area contributed by atoms with Gasteiger partial charge in [0.15, 0.2) is 5.82 Å². The van der Waals surface area contributed by atoms with Crippen LogP contribution in [0.3, 0.4) is 0 Å². The minimum atomic E-state index is -1.15. The molecule has 2 aromatic rings. The summed E-state index contributed by atoms with van der Waals surface area (Å²) in [5.74, 6) is -1.83. The van der Waals surface area contributed by atoms with Gasteiger partial charge in [-0.05, 0) is 37.6 Å². The molecule has 1 aliphatic carbocycles. The SMILES string of the molecule is CCN(CC)c1ncc(N2C(=O)c3ccccc3C2=O)c(N[C@@H](CC2=CCC(OC(=O)N(C)C)C=C2)C(=O)O)n1. The topological polar surface area (TPSA) is 145 Å². The molecule has 1 aromatic carbocycles. The fourth-order valence-corrected chi connectivity index (χ4v) is 4.42. The number of fused-ring (bicyclic) bond motifs is 1. The van der Waals surface area contributed by atoms with E-state index in [4.69, 9.17) is 4.74 Å². The number of benzene rings is 1. The van der Waals surface area contributed by atoms with Crippen LogP contribution in [0.1, 0.15) is 47.4 Å². The number of nitrogens with one attached hydrogen (secondary N) is 1. The Balaban J connectivity index is 1.62. The summed E-state index contributed by atoms with van der Waals surface area (Å²) in [6, 6.07) is 5.33. The number of aliphatic carboxylic acids is 1. The maximum Gasteiger partial charge on any atom is 0.409 e. The van der Waals surface area contributed by atoms with Gasteiger partial charge in [-0.25, -0.2) is 19.5 Å². The standard InChI is InChI=1S/C28H32N6O6/c1-5-33(6-2)27-29-16-22(34-24(35)19-9-7-8-10-20(19)25(34)36)23(31-27)30-21(26(37)38)15-17-11-13-18(14-12-17)40-28(39)32(3)4/h7-13,16,18,21H,5-6,14-15H2,1-4H3,(H,37,38)(H,29,30,31)/t18?,21-/m0/s1. The molecular formula is C28H32N6O6. The third-order valence-corrected chi connectivity index (χ3v) is 6.64. The Hall–Kier alpha value is -4.74. The number of carbonyl (C=O) groups is 4. The molecule has 40 heavy (non-hydrogen) atoms. The summed E-state index contributed by atoms with van der Waals surface area (Å²) in [4.78, 5) is 63.7. The van der Waals surface area contributed by atoms with Gasteiger partial charge in [0, 0.05) is 40.0 Å². The summed E-state index contributed by atoms with van der Waals surface area (Å²) in [7, 11) is 3.18. The summed E-state index contributed by atoms with van der Waals surface area (Å²) in [6.07, 6.45) is 6.18. The van der Waals surface area contributed by atoms with Crippen molar-refractivity contribution < 1.29 is 29.0 Å². The van der Waals surface area contributed by atoms with Crippen molar-refractivity contribution in [3.05, 3.63) is 65.4 Å². The van der Waals surface area contributed by atoms with Crippen LogP contribution in [-0.4, -0.2) is 83.2 Å². The van der Waals surface area contributed by atoms with Gasteiger partial charge in [0.1, 0.15) is 17.8 Å². The highest BCUT2D eigenvalue weighted by atomic mass is 16.6. The molecule has 4 rings (SSSR count). The molecule has 210 valence electrons. The largest absolute Gasteiger partial charge is 0.480 e. The highest BCUT2D eigenvalue weighted by molar-refractivity contribution is 6.35. The number of hydrogen-bond acceptors (Lipinski definition) is 9. The summed E-state index contributed by atoms with van der Waals surface area (Å²) >= 11 is 0. The second kappa shape index (κ2) is 12.0. The second-order valence-corrected chi connectivity index (χ2v) is 9.50. The van der Waals surface area contributed by atoms with E-state index in [2.05, 4.69) is 15.3 Å². The summed E-state index contributed by atoms with van der Waals surface area (Å²) in [5.41, 5.74) is 1.29. The van der Waals surface area contributed by atoms with Crippen molar-refractivity contribution in [2.45, 2.75) is 38.8 Å². The first-order chi connectivity index (χ1) is 19.1. The van der Waals surface area contributed by atoms with E-state index in [9.17, 15) is 24.3 Å². The smallest absolute Gasteiger partial charge is 0.409 e. The maximum atomic E-state index is 13.2. The van der Waals surface area contributed by atoms with Gasteiger partial charge < -0.3 is 25.0 Å². The summed E-state index contributed by atoms with van der Waals surface area (Å²) in [5, 5.41) is 13.0. The number of aromatic nitrogens is 2. The van der Waals surface area contributed by atoms with Crippen molar-refractivity contribution in [1.29, 1.82) is 0 Å². The lowest BCUT2D eigenvalue weighted by atomic mass is 9.98. The molecule has 0 spiro atoms. The summed E-state index contributed by atoms with van der Waals surface area (Å²) in [6.45, 7) is 5.07. The normalized spacial score (nSPS) is 16.8. The van der Waals surface area contributed by atoms with Gasteiger partial charge in [0.2, 0.25) is 5.95 Å². The van der Waals surface area contributed by atoms with E-state index < -0.39 is 36.0 Å². The van der Waals surface area contributed by atoms with Crippen LogP contribution in [0.5, 0.6) is 0 Å². The quantitative estimate of drug-likeness (QED) is 0.424. The van der Waals surface area contributed by atoms with E-state index in [1.165, 1.54) is 11.1 Å². The zero-order valence-electron chi connectivity index (χ0n) is 22.8. The Bertz CT molecular complexity index is 1350. The lowest BCUT2D eigenvalue weighted by Gasteiger charge is -2.25. The number of rotatable bonds is 10. The van der Waals surface area contributed by atoms with Gasteiger partial charge in [-0.3, -0.25) is 9.59 Å². The number of anilines is 3. The molecule has 1 unspecified atom stereocenters. The van der Waals surface area contributed by atoms with Crippen molar-refractivity contribution in [3.8, 4) is 0 Å². The molecule has 0 saturated heterocycles. The van der Waals surface area contributed by atoms with Crippen LogP contribution in [0.15, 0.2) is 54.3 Å². The van der Waals surface area contributed by atoms with Crippen molar-refractivity contribution in [2.24, 2.45) is 0 Å². The molecule has 0 saturated carbocycles. The van der Waals surface area contributed by atoms with Crippen LogP contribution in [0, 0.1) is 0 Å². The van der Waals surface area contributed by atoms with Crippen LogP contribution < -0.4 is 15.1 Å². The first-order valence-corrected chi connectivity index (χ1v) is 13.0. The number of imide groups is 1. The molecule has 1 aromatic heterocycles. The maximum absolute atomic E-state index is 13.2. The molecule has 12 heteroatoms. The molecule has 3 amide bonds. The van der Waals surface area contributed by atoms with Crippen molar-refractivity contribution >= 4 is 41.3 Å². The van der Waals surface area contributed by atoms with E-state index in [1.807, 2.05) is 24.8 Å². The Morgan fingerprint density at radius 1 is 1.15 bits per heavy atom. The van der Waals surface area contributed by atoms with Crippen molar-refractivity contribution in [2.75, 3.05) is 42.3 Å². The Labute approximate surface area is 231 Å². The van der Waals surface area contributed by atoms with Gasteiger partial charge in [0.05, 0.1) is 17.3 Å². The highest BCUT2D eigenvalue weighted by Crippen LogP contribution is 2.34. The number of carbonyl (C=O) groups excluding carboxylic acids is 3. The van der Waals surface area contributed by atoms with Crippen LogP contribution >= 0.6 is 0 Å². The van der Waals surface area contributed by atoms with Gasteiger partial charge in [0.25, 0.3) is 11.8 Å². The molecule has 2 heterocycles. The minimum absolute atomic E-state index is 0.0528. The molecular weight excluding hydrogens is 516 g/mol. The van der Waals surface area contributed by atoms with Gasteiger partial charge in [-0.2, -0.15) is 4.98 Å². The molecule has 2 aliphatic rings. The average molecular weight is 549 g/mol. The molecule has 12 nitrogen and oxygen atoms in total. The van der Waals surface area contributed by atoms with E-state index in [0.717, 1.165) is 10.5 Å². The summed E-state index contributed by atoms with van der Waals surface area (Å²) < 4.78 is 5.36. The van der Waals surface area contributed by atoms with Crippen LogP contribution in [-0.2, 0) is 9.53 Å². The van der Waals surface area contributed by atoms with Crippen molar-refractivity contribution in [1.82, 2.24) is 14.9 Å². The van der Waals surface area contributed by atoms with Crippen LogP contribution in [0.4, 0.5) is 22.2 Å². The highest BCUT2D eigenvalue weighted by Gasteiger charge is 2.39. The second-order valence-electron chi connectivity index (χ2n) is 9.50. The Morgan fingerprint density at radius 3 is 2.33 bits per heavy atom. The lowest BCUT2D eigenvalue weighted by molar-refractivity contribution is -0.137. The zero-order chi connectivity index (χ0) is 29.0. The number of nitrogens with zero attached hydrogens (tertiary/aromatic N) is 5. The number of carboxylic acids is 1. The zero-order valence-corrected chi connectivity index (χ0v) is 22.8. The predicted octanol–water partition coefficient (Wildman–Crippen LogP) is 3.33. The Kier molecular flexibility index (Phi) is 8.46. The molecule has 0 fully saturated rings. The number of carboxylic acid groups (broad SMARTS) is 1. The van der Waals surface area contributed by atoms with E-state index in [0.29, 0.717) is 25.5 Å². The fraction of sp³-hybridized carbons (Fsp3) is 0.357. The predicted molar refractivity (Wildman–Crippen MR) is 149 cm³/mol. The Morgan fingerprint density at radius 2 is 1.80 bits per heavy atom.